The van der Waals surface area contributed by atoms with E-state index in [2.05, 4.69) is 22.1 Å². The van der Waals surface area contributed by atoms with Crippen LogP contribution in [-0.4, -0.2) is 35.8 Å². The molecular formula is C24H19FN4O3. The lowest BCUT2D eigenvalue weighted by Gasteiger charge is -2.34. The molecule has 1 aromatic heterocycles. The van der Waals surface area contributed by atoms with Crippen LogP contribution in [0.3, 0.4) is 0 Å². The number of halogens is 1. The number of fused-ring (bicyclic) bond motifs is 4. The van der Waals surface area contributed by atoms with Gasteiger partial charge in [0.2, 0.25) is 0 Å². The summed E-state index contributed by atoms with van der Waals surface area (Å²) in [6.45, 7) is 1.47. The zero-order valence-corrected chi connectivity index (χ0v) is 17.0. The fourth-order valence-electron chi connectivity index (χ4n) is 4.52. The van der Waals surface area contributed by atoms with Crippen molar-refractivity contribution in [2.24, 2.45) is 10.7 Å². The van der Waals surface area contributed by atoms with Gasteiger partial charge in [-0.2, -0.15) is 0 Å². The van der Waals surface area contributed by atoms with Crippen molar-refractivity contribution in [3.8, 4) is 22.6 Å². The smallest absolute Gasteiger partial charge is 0.283 e. The highest BCUT2D eigenvalue weighted by Crippen LogP contribution is 2.52. The van der Waals surface area contributed by atoms with E-state index in [-0.39, 0.29) is 12.6 Å². The molecule has 2 N–H and O–H groups in total. The number of hydrogen-bond acceptors (Lipinski definition) is 7. The zero-order valence-electron chi connectivity index (χ0n) is 17.0. The van der Waals surface area contributed by atoms with E-state index < -0.39 is 11.4 Å². The summed E-state index contributed by atoms with van der Waals surface area (Å²) >= 11 is 0. The topological polar surface area (TPSA) is 91.9 Å². The van der Waals surface area contributed by atoms with Crippen molar-refractivity contribution in [3.05, 3.63) is 77.6 Å². The summed E-state index contributed by atoms with van der Waals surface area (Å²) in [5.41, 5.74) is 9.75. The first kappa shape index (κ1) is 18.9. The van der Waals surface area contributed by atoms with Crippen molar-refractivity contribution in [2.75, 3.05) is 19.8 Å². The van der Waals surface area contributed by atoms with E-state index in [0.29, 0.717) is 41.4 Å². The molecule has 6 rings (SSSR count). The minimum atomic E-state index is -0.938. The van der Waals surface area contributed by atoms with Gasteiger partial charge in [-0.15, -0.1) is 0 Å². The molecule has 0 bridgehead atoms. The molecule has 3 aromatic rings. The summed E-state index contributed by atoms with van der Waals surface area (Å²) in [4.78, 5) is 12.7. The molecule has 0 saturated carbocycles. The van der Waals surface area contributed by atoms with Crippen molar-refractivity contribution < 1.29 is 18.6 Å². The predicted octanol–water partition coefficient (Wildman–Crippen LogP) is 3.78. The highest BCUT2D eigenvalue weighted by atomic mass is 19.1. The average molecular weight is 430 g/mol. The van der Waals surface area contributed by atoms with Crippen LogP contribution in [0.1, 0.15) is 23.1 Å². The lowest BCUT2D eigenvalue weighted by Crippen LogP contribution is -2.31. The van der Waals surface area contributed by atoms with Gasteiger partial charge in [0.15, 0.2) is 5.54 Å². The summed E-state index contributed by atoms with van der Waals surface area (Å²) in [6, 6.07) is 9.17. The molecule has 1 spiro atoms. The van der Waals surface area contributed by atoms with Crippen LogP contribution in [0.25, 0.3) is 16.7 Å². The van der Waals surface area contributed by atoms with Gasteiger partial charge in [-0.25, -0.2) is 19.4 Å². The third kappa shape index (κ3) is 2.87. The Kier molecular flexibility index (Phi) is 4.22. The molecular weight excluding hydrogens is 411 g/mol. The van der Waals surface area contributed by atoms with Gasteiger partial charge in [-0.1, -0.05) is 12.1 Å². The van der Waals surface area contributed by atoms with Crippen LogP contribution >= 0.6 is 0 Å². The number of ether oxygens (including phenoxy) is 3. The van der Waals surface area contributed by atoms with Gasteiger partial charge in [0.05, 0.1) is 13.2 Å². The minimum Gasteiger partial charge on any atom is -0.462 e. The lowest BCUT2D eigenvalue weighted by atomic mass is 9.79. The number of hydrogen-bond donors (Lipinski definition) is 1. The highest BCUT2D eigenvalue weighted by Gasteiger charge is 2.47. The Labute approximate surface area is 183 Å². The molecule has 0 radical (unpaired) electrons. The SMILES string of the molecule is NC1=N[C@]2(CO1)c1cc(C3=CCOCC3)ccc1Oc1cc(F)c(-c3cncnc3)cc12. The standard InChI is InChI=1S/C24H19FN4O3/c25-20-9-22-19(8-17(20)16-10-27-13-28-11-16)24(12-31-23(26)29-24)18-7-15(1-2-21(18)32-22)14-3-5-30-6-4-14/h1-3,7-11,13H,4-6,12H2,(H2,26,29)/t24-/m1/s1. The molecule has 160 valence electrons. The minimum absolute atomic E-state index is 0.0911. The fourth-order valence-corrected chi connectivity index (χ4v) is 4.52. The van der Waals surface area contributed by atoms with Crippen molar-refractivity contribution in [1.82, 2.24) is 9.97 Å². The summed E-state index contributed by atoms with van der Waals surface area (Å²) in [5, 5.41) is 0. The van der Waals surface area contributed by atoms with Crippen LogP contribution in [0.2, 0.25) is 0 Å². The zero-order chi connectivity index (χ0) is 21.7. The van der Waals surface area contributed by atoms with E-state index in [1.165, 1.54) is 18.0 Å². The molecule has 32 heavy (non-hydrogen) atoms. The molecule has 0 aliphatic carbocycles. The number of aliphatic imine (C=N–C) groups is 1. The second-order valence-electron chi connectivity index (χ2n) is 7.92. The van der Waals surface area contributed by atoms with Crippen LogP contribution in [-0.2, 0) is 15.0 Å². The quantitative estimate of drug-likeness (QED) is 0.665. The number of rotatable bonds is 2. The molecule has 3 aliphatic rings. The maximum Gasteiger partial charge on any atom is 0.283 e. The van der Waals surface area contributed by atoms with Crippen molar-refractivity contribution in [1.29, 1.82) is 0 Å². The van der Waals surface area contributed by atoms with E-state index in [1.54, 1.807) is 18.5 Å². The summed E-state index contributed by atoms with van der Waals surface area (Å²) in [7, 11) is 0. The maximum atomic E-state index is 15.1. The number of nitrogens with zero attached hydrogens (tertiary/aromatic N) is 3. The molecule has 0 unspecified atom stereocenters. The van der Waals surface area contributed by atoms with Gasteiger partial charge in [0.25, 0.3) is 6.02 Å². The Morgan fingerprint density at radius 1 is 1.00 bits per heavy atom. The number of amidine groups is 1. The van der Waals surface area contributed by atoms with Gasteiger partial charge in [-0.3, -0.25) is 0 Å². The van der Waals surface area contributed by atoms with Crippen molar-refractivity contribution >= 4 is 11.6 Å². The maximum absolute atomic E-state index is 15.1. The molecule has 3 aliphatic heterocycles. The normalized spacial score (nSPS) is 21.2. The molecule has 8 heteroatoms. The van der Waals surface area contributed by atoms with Crippen molar-refractivity contribution in [3.63, 3.8) is 0 Å². The third-order valence-corrected chi connectivity index (χ3v) is 6.10. The van der Waals surface area contributed by atoms with Gasteiger partial charge in [0, 0.05) is 40.7 Å². The summed E-state index contributed by atoms with van der Waals surface area (Å²) in [5.74, 6) is 0.554. The fraction of sp³-hybridized carbons (Fsp3) is 0.208. The largest absolute Gasteiger partial charge is 0.462 e. The monoisotopic (exact) mass is 430 g/mol. The molecule has 0 saturated heterocycles. The van der Waals surface area contributed by atoms with Crippen molar-refractivity contribution in [2.45, 2.75) is 12.0 Å². The van der Waals surface area contributed by atoms with E-state index in [9.17, 15) is 0 Å². The van der Waals surface area contributed by atoms with Crippen LogP contribution in [0.4, 0.5) is 4.39 Å². The van der Waals surface area contributed by atoms with Crippen LogP contribution in [0.5, 0.6) is 11.5 Å². The summed E-state index contributed by atoms with van der Waals surface area (Å²) in [6.07, 6.45) is 7.46. The molecule has 0 amide bonds. The lowest BCUT2D eigenvalue weighted by molar-refractivity contribution is 0.161. The predicted molar refractivity (Wildman–Crippen MR) is 116 cm³/mol. The highest BCUT2D eigenvalue weighted by molar-refractivity contribution is 5.79. The van der Waals surface area contributed by atoms with Gasteiger partial charge >= 0.3 is 0 Å². The molecule has 2 aromatic carbocycles. The molecule has 7 nitrogen and oxygen atoms in total. The Morgan fingerprint density at radius 2 is 1.84 bits per heavy atom. The van der Waals surface area contributed by atoms with E-state index in [1.807, 2.05) is 12.1 Å². The number of aromatic nitrogens is 2. The van der Waals surface area contributed by atoms with E-state index in [4.69, 9.17) is 24.9 Å². The number of nitrogens with two attached hydrogens (primary N) is 1. The van der Waals surface area contributed by atoms with Gasteiger partial charge in [0.1, 0.15) is 30.3 Å². The van der Waals surface area contributed by atoms with Crippen LogP contribution in [0.15, 0.2) is 60.1 Å². The molecule has 4 heterocycles. The summed E-state index contributed by atoms with van der Waals surface area (Å²) < 4.78 is 32.3. The first-order valence-corrected chi connectivity index (χ1v) is 10.3. The van der Waals surface area contributed by atoms with Gasteiger partial charge < -0.3 is 19.9 Å². The third-order valence-electron chi connectivity index (χ3n) is 6.10. The average Bonchev–Trinajstić information content (AvgIpc) is 3.22. The van der Waals surface area contributed by atoms with E-state index in [0.717, 1.165) is 17.5 Å². The second-order valence-corrected chi connectivity index (χ2v) is 7.92. The Morgan fingerprint density at radius 3 is 2.59 bits per heavy atom. The van der Waals surface area contributed by atoms with E-state index >= 15 is 4.39 Å². The molecule has 1 atom stereocenters. The van der Waals surface area contributed by atoms with Crippen LogP contribution in [0, 0.1) is 5.82 Å². The Hall–Kier alpha value is -3.78. The second kappa shape index (κ2) is 7.13. The Balaban J connectivity index is 1.56. The van der Waals surface area contributed by atoms with Gasteiger partial charge in [-0.05, 0) is 35.8 Å². The first-order chi connectivity index (χ1) is 15.6. The number of benzene rings is 2. The first-order valence-electron chi connectivity index (χ1n) is 10.3. The Bertz CT molecular complexity index is 1290. The van der Waals surface area contributed by atoms with Crippen LogP contribution < -0.4 is 10.5 Å². The molecule has 0 fully saturated rings.